The highest BCUT2D eigenvalue weighted by atomic mass is 16.5. The highest BCUT2D eigenvalue weighted by molar-refractivity contribution is 5.67. The number of carbonyl (C=O) groups excluding carboxylic acids is 1. The second-order valence-electron chi connectivity index (χ2n) is 5.03. The summed E-state index contributed by atoms with van der Waals surface area (Å²) in [7, 11) is 3.63. The first-order chi connectivity index (χ1) is 8.20. The Kier molecular flexibility index (Phi) is 4.23. The Bertz CT molecular complexity index is 256. The first-order valence-electron chi connectivity index (χ1n) is 6.46. The summed E-state index contributed by atoms with van der Waals surface area (Å²) in [6, 6.07) is 0.657. The third-order valence-corrected chi connectivity index (χ3v) is 3.95. The molecule has 2 aliphatic rings. The molecule has 0 spiro atoms. The number of piperazine rings is 1. The Morgan fingerprint density at radius 1 is 1.06 bits per heavy atom. The molecule has 0 radical (unpaired) electrons. The summed E-state index contributed by atoms with van der Waals surface area (Å²) in [6.45, 7) is 6.33. The van der Waals surface area contributed by atoms with Gasteiger partial charge in [0, 0.05) is 45.3 Å². The molecule has 2 fully saturated rings. The third-order valence-electron chi connectivity index (χ3n) is 3.95. The summed E-state index contributed by atoms with van der Waals surface area (Å²) in [5.74, 6) is 0. The Balaban J connectivity index is 1.77. The van der Waals surface area contributed by atoms with Gasteiger partial charge in [-0.15, -0.1) is 0 Å². The van der Waals surface area contributed by atoms with Crippen molar-refractivity contribution in [1.29, 1.82) is 0 Å². The molecule has 0 aliphatic carbocycles. The maximum Gasteiger partial charge on any atom is 0.409 e. The molecule has 2 rings (SSSR count). The van der Waals surface area contributed by atoms with Crippen LogP contribution in [0.25, 0.3) is 0 Å². The van der Waals surface area contributed by atoms with E-state index in [-0.39, 0.29) is 6.09 Å². The molecular weight excluding hydrogens is 218 g/mol. The fraction of sp³-hybridized carbons (Fsp3) is 0.917. The van der Waals surface area contributed by atoms with Crippen LogP contribution >= 0.6 is 0 Å². The van der Waals surface area contributed by atoms with Crippen LogP contribution in [0.5, 0.6) is 0 Å². The lowest BCUT2D eigenvalue weighted by Crippen LogP contribution is -2.52. The maximum atomic E-state index is 11.4. The molecule has 0 saturated carbocycles. The fourth-order valence-corrected chi connectivity index (χ4v) is 2.73. The zero-order valence-corrected chi connectivity index (χ0v) is 10.9. The van der Waals surface area contributed by atoms with Crippen molar-refractivity contribution in [3.8, 4) is 0 Å². The number of rotatable bonds is 1. The van der Waals surface area contributed by atoms with E-state index < -0.39 is 0 Å². The zero-order chi connectivity index (χ0) is 12.3. The lowest BCUT2D eigenvalue weighted by atomic mass is 10.0. The third kappa shape index (κ3) is 3.10. The molecule has 2 saturated heterocycles. The largest absolute Gasteiger partial charge is 0.453 e. The molecule has 0 bridgehead atoms. The van der Waals surface area contributed by atoms with Crippen LogP contribution in [-0.2, 0) is 4.74 Å². The van der Waals surface area contributed by atoms with E-state index in [1.54, 1.807) is 0 Å². The van der Waals surface area contributed by atoms with Crippen LogP contribution in [0.3, 0.4) is 0 Å². The van der Waals surface area contributed by atoms with Crippen molar-refractivity contribution in [3.63, 3.8) is 0 Å². The number of nitrogens with zero attached hydrogens (tertiary/aromatic N) is 3. The molecule has 2 heterocycles. The van der Waals surface area contributed by atoms with Crippen molar-refractivity contribution in [2.45, 2.75) is 18.9 Å². The van der Waals surface area contributed by atoms with Gasteiger partial charge in [0.15, 0.2) is 0 Å². The van der Waals surface area contributed by atoms with Gasteiger partial charge in [0.05, 0.1) is 7.11 Å². The van der Waals surface area contributed by atoms with E-state index in [2.05, 4.69) is 16.8 Å². The molecule has 2 aliphatic heterocycles. The minimum absolute atomic E-state index is 0.179. The first-order valence-corrected chi connectivity index (χ1v) is 6.46. The Morgan fingerprint density at radius 2 is 1.65 bits per heavy atom. The lowest BCUT2D eigenvalue weighted by Gasteiger charge is -2.41. The number of ether oxygens (including phenoxy) is 1. The van der Waals surface area contributed by atoms with Gasteiger partial charge in [-0.25, -0.2) is 4.79 Å². The molecule has 0 N–H and O–H groups in total. The molecule has 0 unspecified atom stereocenters. The predicted molar refractivity (Wildman–Crippen MR) is 66.1 cm³/mol. The van der Waals surface area contributed by atoms with Gasteiger partial charge >= 0.3 is 6.09 Å². The smallest absolute Gasteiger partial charge is 0.409 e. The van der Waals surface area contributed by atoms with Crippen LogP contribution in [-0.4, -0.2) is 80.3 Å². The molecule has 0 atom stereocenters. The van der Waals surface area contributed by atoms with Crippen LogP contribution in [0, 0.1) is 0 Å². The van der Waals surface area contributed by atoms with Gasteiger partial charge in [-0.1, -0.05) is 0 Å². The van der Waals surface area contributed by atoms with E-state index in [9.17, 15) is 4.79 Å². The van der Waals surface area contributed by atoms with E-state index in [0.717, 1.165) is 39.0 Å². The van der Waals surface area contributed by atoms with Crippen molar-refractivity contribution < 1.29 is 9.53 Å². The second-order valence-corrected chi connectivity index (χ2v) is 5.03. The number of hydrogen-bond acceptors (Lipinski definition) is 4. The van der Waals surface area contributed by atoms with Crippen molar-refractivity contribution >= 4 is 6.09 Å². The van der Waals surface area contributed by atoms with Crippen LogP contribution in [0.2, 0.25) is 0 Å². The maximum absolute atomic E-state index is 11.4. The molecule has 1 amide bonds. The Hall–Kier alpha value is -0.810. The average molecular weight is 241 g/mol. The number of carbonyl (C=O) groups is 1. The molecule has 17 heavy (non-hydrogen) atoms. The quantitative estimate of drug-likeness (QED) is 0.668. The van der Waals surface area contributed by atoms with Gasteiger partial charge in [-0.3, -0.25) is 4.90 Å². The summed E-state index contributed by atoms with van der Waals surface area (Å²) in [4.78, 5) is 18.1. The summed E-state index contributed by atoms with van der Waals surface area (Å²) in [5.41, 5.74) is 0. The minimum atomic E-state index is -0.179. The number of methoxy groups -OCH3 is 1. The van der Waals surface area contributed by atoms with Crippen molar-refractivity contribution in [2.24, 2.45) is 0 Å². The molecule has 0 aromatic heterocycles. The molecular formula is C12H23N3O2. The van der Waals surface area contributed by atoms with Crippen molar-refractivity contribution in [3.05, 3.63) is 0 Å². The number of amides is 1. The van der Waals surface area contributed by atoms with E-state index in [1.807, 2.05) is 4.90 Å². The summed E-state index contributed by atoms with van der Waals surface area (Å²) >= 11 is 0. The summed E-state index contributed by atoms with van der Waals surface area (Å²) in [5, 5.41) is 0. The molecule has 5 heteroatoms. The van der Waals surface area contributed by atoms with E-state index in [1.165, 1.54) is 20.2 Å². The molecule has 0 aromatic carbocycles. The SMILES string of the molecule is COC(=O)N1CCC(N2CCN(C)CC2)CC1. The van der Waals surface area contributed by atoms with Gasteiger partial charge in [-0.05, 0) is 19.9 Å². The van der Waals surface area contributed by atoms with Crippen LogP contribution in [0.1, 0.15) is 12.8 Å². The Morgan fingerprint density at radius 3 is 2.18 bits per heavy atom. The standard InChI is InChI=1S/C12H23N3O2/c1-13-7-9-14(10-8-13)11-3-5-15(6-4-11)12(16)17-2/h11H,3-10H2,1-2H3. The second kappa shape index (κ2) is 5.69. The Labute approximate surface area is 103 Å². The monoisotopic (exact) mass is 241 g/mol. The van der Waals surface area contributed by atoms with Crippen molar-refractivity contribution in [2.75, 3.05) is 53.4 Å². The normalized spacial score (nSPS) is 24.9. The van der Waals surface area contributed by atoms with Crippen LogP contribution in [0.4, 0.5) is 4.79 Å². The van der Waals surface area contributed by atoms with Gasteiger partial charge in [0.1, 0.15) is 0 Å². The van der Waals surface area contributed by atoms with E-state index in [4.69, 9.17) is 4.74 Å². The van der Waals surface area contributed by atoms with Gasteiger partial charge in [0.25, 0.3) is 0 Å². The number of piperidine rings is 1. The van der Waals surface area contributed by atoms with Crippen LogP contribution in [0.15, 0.2) is 0 Å². The number of hydrogen-bond donors (Lipinski definition) is 0. The number of likely N-dealkylation sites (N-methyl/N-ethyl adjacent to an activating group) is 1. The highest BCUT2D eigenvalue weighted by Crippen LogP contribution is 2.18. The van der Waals surface area contributed by atoms with Crippen molar-refractivity contribution in [1.82, 2.24) is 14.7 Å². The van der Waals surface area contributed by atoms with Gasteiger partial charge < -0.3 is 14.5 Å². The highest BCUT2D eigenvalue weighted by Gasteiger charge is 2.28. The molecule has 98 valence electrons. The van der Waals surface area contributed by atoms with Crippen LogP contribution < -0.4 is 0 Å². The summed E-state index contributed by atoms with van der Waals surface area (Å²) in [6.07, 6.45) is 1.99. The van der Waals surface area contributed by atoms with Gasteiger partial charge in [-0.2, -0.15) is 0 Å². The fourth-order valence-electron chi connectivity index (χ4n) is 2.73. The predicted octanol–water partition coefficient (Wildman–Crippen LogP) is 0.465. The average Bonchev–Trinajstić information content (AvgIpc) is 2.39. The zero-order valence-electron chi connectivity index (χ0n) is 10.9. The topological polar surface area (TPSA) is 36.0 Å². The molecule has 0 aromatic rings. The minimum Gasteiger partial charge on any atom is -0.453 e. The van der Waals surface area contributed by atoms with E-state index in [0.29, 0.717) is 6.04 Å². The molecule has 5 nitrogen and oxygen atoms in total. The number of likely N-dealkylation sites (tertiary alicyclic amines) is 1. The van der Waals surface area contributed by atoms with E-state index >= 15 is 0 Å². The first kappa shape index (κ1) is 12.6. The van der Waals surface area contributed by atoms with Gasteiger partial charge in [0.2, 0.25) is 0 Å². The lowest BCUT2D eigenvalue weighted by molar-refractivity contribution is 0.0608. The summed E-state index contributed by atoms with van der Waals surface area (Å²) < 4.78 is 4.75.